The number of amides is 1. The Labute approximate surface area is 99.8 Å². The molecule has 0 aromatic rings. The standard InChI is InChI=1S/C13H27NO2/c1-5-7-12(8-6-2)13(16)14(4)10-9-11(3)15/h11-12,15H,5-10H2,1-4H3. The quantitative estimate of drug-likeness (QED) is 0.694. The van der Waals surface area contributed by atoms with Gasteiger partial charge in [0.1, 0.15) is 0 Å². The second-order valence-electron chi connectivity index (χ2n) is 4.67. The van der Waals surface area contributed by atoms with Gasteiger partial charge in [0.15, 0.2) is 0 Å². The van der Waals surface area contributed by atoms with Gasteiger partial charge in [0.25, 0.3) is 0 Å². The first-order chi connectivity index (χ1) is 7.52. The van der Waals surface area contributed by atoms with E-state index in [2.05, 4.69) is 13.8 Å². The third-order valence-electron chi connectivity index (χ3n) is 2.88. The van der Waals surface area contributed by atoms with Crippen LogP contribution in [-0.2, 0) is 4.79 Å². The number of nitrogens with zero attached hydrogens (tertiary/aromatic N) is 1. The fourth-order valence-electron chi connectivity index (χ4n) is 1.89. The first kappa shape index (κ1) is 15.4. The molecule has 3 heteroatoms. The van der Waals surface area contributed by atoms with Gasteiger partial charge in [-0.15, -0.1) is 0 Å². The molecule has 1 amide bonds. The van der Waals surface area contributed by atoms with Crippen molar-refractivity contribution >= 4 is 5.91 Å². The van der Waals surface area contributed by atoms with E-state index in [4.69, 9.17) is 0 Å². The van der Waals surface area contributed by atoms with Gasteiger partial charge in [-0.05, 0) is 26.2 Å². The van der Waals surface area contributed by atoms with Crippen LogP contribution >= 0.6 is 0 Å². The summed E-state index contributed by atoms with van der Waals surface area (Å²) in [5.74, 6) is 0.415. The van der Waals surface area contributed by atoms with Crippen molar-refractivity contribution in [3.63, 3.8) is 0 Å². The van der Waals surface area contributed by atoms with Crippen molar-refractivity contribution in [1.29, 1.82) is 0 Å². The summed E-state index contributed by atoms with van der Waals surface area (Å²) in [5, 5.41) is 9.19. The molecule has 1 atom stereocenters. The van der Waals surface area contributed by atoms with E-state index in [1.807, 2.05) is 7.05 Å². The number of hydrogen-bond acceptors (Lipinski definition) is 2. The Balaban J connectivity index is 4.13. The Kier molecular flexibility index (Phi) is 8.26. The summed E-state index contributed by atoms with van der Waals surface area (Å²) in [4.78, 5) is 13.8. The predicted molar refractivity (Wildman–Crippen MR) is 67.2 cm³/mol. The maximum atomic E-state index is 12.1. The number of rotatable bonds is 8. The number of carbonyl (C=O) groups excluding carboxylic acids is 1. The summed E-state index contributed by atoms with van der Waals surface area (Å²) in [5.41, 5.74) is 0. The smallest absolute Gasteiger partial charge is 0.225 e. The Morgan fingerprint density at radius 1 is 1.19 bits per heavy atom. The number of carbonyl (C=O) groups is 1. The Morgan fingerprint density at radius 2 is 1.69 bits per heavy atom. The van der Waals surface area contributed by atoms with Crippen LogP contribution in [0, 0.1) is 5.92 Å². The molecular formula is C13H27NO2. The lowest BCUT2D eigenvalue weighted by Gasteiger charge is -2.23. The van der Waals surface area contributed by atoms with Crippen LogP contribution in [0.1, 0.15) is 52.9 Å². The predicted octanol–water partition coefficient (Wildman–Crippen LogP) is 2.43. The molecular weight excluding hydrogens is 202 g/mol. The van der Waals surface area contributed by atoms with E-state index in [9.17, 15) is 9.90 Å². The second-order valence-corrected chi connectivity index (χ2v) is 4.67. The minimum Gasteiger partial charge on any atom is -0.393 e. The number of hydrogen-bond donors (Lipinski definition) is 1. The average Bonchev–Trinajstić information content (AvgIpc) is 2.24. The van der Waals surface area contributed by atoms with Gasteiger partial charge in [0, 0.05) is 19.5 Å². The van der Waals surface area contributed by atoms with E-state index in [1.54, 1.807) is 11.8 Å². The van der Waals surface area contributed by atoms with E-state index in [-0.39, 0.29) is 17.9 Å². The normalized spacial score (nSPS) is 12.9. The van der Waals surface area contributed by atoms with Crippen LogP contribution in [0.4, 0.5) is 0 Å². The molecule has 0 rings (SSSR count). The highest BCUT2D eigenvalue weighted by Gasteiger charge is 2.20. The molecule has 0 bridgehead atoms. The average molecular weight is 229 g/mol. The first-order valence-corrected chi connectivity index (χ1v) is 6.45. The van der Waals surface area contributed by atoms with E-state index >= 15 is 0 Å². The van der Waals surface area contributed by atoms with Crippen molar-refractivity contribution in [2.75, 3.05) is 13.6 Å². The molecule has 0 aliphatic rings. The largest absolute Gasteiger partial charge is 0.393 e. The molecule has 0 aliphatic heterocycles. The fraction of sp³-hybridized carbons (Fsp3) is 0.923. The molecule has 3 nitrogen and oxygen atoms in total. The summed E-state index contributed by atoms with van der Waals surface area (Å²) in [6, 6.07) is 0. The zero-order chi connectivity index (χ0) is 12.6. The van der Waals surface area contributed by atoms with E-state index in [1.165, 1.54) is 0 Å². The number of aliphatic hydroxyl groups is 1. The van der Waals surface area contributed by atoms with Crippen LogP contribution < -0.4 is 0 Å². The highest BCUT2D eigenvalue weighted by atomic mass is 16.3. The molecule has 0 saturated heterocycles. The van der Waals surface area contributed by atoms with Crippen molar-refractivity contribution in [2.45, 2.75) is 59.0 Å². The lowest BCUT2D eigenvalue weighted by atomic mass is 9.97. The van der Waals surface area contributed by atoms with Gasteiger partial charge in [0.2, 0.25) is 5.91 Å². The summed E-state index contributed by atoms with van der Waals surface area (Å²) < 4.78 is 0. The van der Waals surface area contributed by atoms with Gasteiger partial charge in [-0.3, -0.25) is 4.79 Å². The van der Waals surface area contributed by atoms with Crippen molar-refractivity contribution in [1.82, 2.24) is 4.90 Å². The van der Waals surface area contributed by atoms with Crippen LogP contribution in [0.15, 0.2) is 0 Å². The molecule has 0 heterocycles. The minimum absolute atomic E-state index is 0.175. The topological polar surface area (TPSA) is 40.5 Å². The highest BCUT2D eigenvalue weighted by Crippen LogP contribution is 2.16. The molecule has 0 aromatic carbocycles. The van der Waals surface area contributed by atoms with Crippen LogP contribution in [0.5, 0.6) is 0 Å². The van der Waals surface area contributed by atoms with E-state index in [0.717, 1.165) is 25.7 Å². The molecule has 0 spiro atoms. The zero-order valence-corrected chi connectivity index (χ0v) is 11.2. The molecule has 0 aliphatic carbocycles. The van der Waals surface area contributed by atoms with Crippen molar-refractivity contribution in [3.05, 3.63) is 0 Å². The Bertz CT molecular complexity index is 186. The van der Waals surface area contributed by atoms with Crippen LogP contribution in [-0.4, -0.2) is 35.6 Å². The second kappa shape index (κ2) is 8.57. The minimum atomic E-state index is -0.328. The van der Waals surface area contributed by atoms with Gasteiger partial charge in [-0.2, -0.15) is 0 Å². The van der Waals surface area contributed by atoms with E-state index in [0.29, 0.717) is 13.0 Å². The third kappa shape index (κ3) is 6.11. The van der Waals surface area contributed by atoms with Crippen molar-refractivity contribution in [2.24, 2.45) is 5.92 Å². The molecule has 0 fully saturated rings. The van der Waals surface area contributed by atoms with Gasteiger partial charge < -0.3 is 10.0 Å². The molecule has 1 unspecified atom stereocenters. The summed E-state index contributed by atoms with van der Waals surface area (Å²) >= 11 is 0. The maximum absolute atomic E-state index is 12.1. The van der Waals surface area contributed by atoms with Gasteiger partial charge in [-0.25, -0.2) is 0 Å². The molecule has 96 valence electrons. The van der Waals surface area contributed by atoms with Gasteiger partial charge >= 0.3 is 0 Å². The zero-order valence-electron chi connectivity index (χ0n) is 11.2. The van der Waals surface area contributed by atoms with Crippen LogP contribution in [0.3, 0.4) is 0 Å². The van der Waals surface area contributed by atoms with Crippen molar-refractivity contribution < 1.29 is 9.90 Å². The summed E-state index contributed by atoms with van der Waals surface area (Å²) in [7, 11) is 1.84. The van der Waals surface area contributed by atoms with Crippen LogP contribution in [0.25, 0.3) is 0 Å². The van der Waals surface area contributed by atoms with Gasteiger partial charge in [-0.1, -0.05) is 26.7 Å². The maximum Gasteiger partial charge on any atom is 0.225 e. The lowest BCUT2D eigenvalue weighted by molar-refractivity contribution is -0.134. The highest BCUT2D eigenvalue weighted by molar-refractivity contribution is 5.78. The molecule has 0 aromatic heterocycles. The Morgan fingerprint density at radius 3 is 2.06 bits per heavy atom. The number of aliphatic hydroxyl groups excluding tert-OH is 1. The first-order valence-electron chi connectivity index (χ1n) is 6.45. The lowest BCUT2D eigenvalue weighted by Crippen LogP contribution is -2.34. The van der Waals surface area contributed by atoms with Crippen LogP contribution in [0.2, 0.25) is 0 Å². The van der Waals surface area contributed by atoms with Crippen molar-refractivity contribution in [3.8, 4) is 0 Å². The van der Waals surface area contributed by atoms with Gasteiger partial charge in [0.05, 0.1) is 6.10 Å². The molecule has 1 N–H and O–H groups in total. The fourth-order valence-corrected chi connectivity index (χ4v) is 1.89. The SMILES string of the molecule is CCCC(CCC)C(=O)N(C)CCC(C)O. The molecule has 16 heavy (non-hydrogen) atoms. The molecule has 0 saturated carbocycles. The monoisotopic (exact) mass is 229 g/mol. The summed E-state index contributed by atoms with van der Waals surface area (Å²) in [6.45, 7) is 6.64. The summed E-state index contributed by atoms with van der Waals surface area (Å²) in [6.07, 6.45) is 4.40. The Hall–Kier alpha value is -0.570. The van der Waals surface area contributed by atoms with E-state index < -0.39 is 0 Å². The molecule has 0 radical (unpaired) electrons. The third-order valence-corrected chi connectivity index (χ3v) is 2.88.